The molecule has 4 rings (SSSR count). The Morgan fingerprint density at radius 3 is 2.42 bits per heavy atom. The fourth-order valence-corrected chi connectivity index (χ4v) is 7.29. The van der Waals surface area contributed by atoms with Crippen LogP contribution >= 0.6 is 0 Å². The fourth-order valence-electron chi connectivity index (χ4n) is 7.29. The van der Waals surface area contributed by atoms with Crippen LogP contribution in [0.15, 0.2) is 16.7 Å². The molecular weight excluding hydrogens is 400 g/mol. The Balaban J connectivity index is 1.96. The molecule has 3 aliphatic carbocycles. The minimum atomic E-state index is -1.62. The van der Waals surface area contributed by atoms with Gasteiger partial charge >= 0.3 is 11.9 Å². The third-order valence-electron chi connectivity index (χ3n) is 8.76. The first-order valence-corrected chi connectivity index (χ1v) is 11.2. The van der Waals surface area contributed by atoms with E-state index in [0.717, 1.165) is 11.3 Å². The van der Waals surface area contributed by atoms with Crippen LogP contribution in [0, 0.1) is 22.7 Å². The Morgan fingerprint density at radius 1 is 1.16 bits per heavy atom. The minimum Gasteiger partial charge on any atom is -0.469 e. The molecule has 0 spiro atoms. The van der Waals surface area contributed by atoms with Gasteiger partial charge in [0.2, 0.25) is 0 Å². The normalized spacial score (nSPS) is 43.2. The third-order valence-corrected chi connectivity index (χ3v) is 8.76. The molecule has 7 nitrogen and oxygen atoms in total. The van der Waals surface area contributed by atoms with Crippen molar-refractivity contribution in [1.29, 1.82) is 0 Å². The average molecular weight is 435 g/mol. The fraction of sp³-hybridized carbons (Fsp3) is 0.750. The first kappa shape index (κ1) is 22.3. The largest absolute Gasteiger partial charge is 0.469 e. The molecule has 31 heavy (non-hydrogen) atoms. The third kappa shape index (κ3) is 2.85. The zero-order chi connectivity index (χ0) is 22.9. The van der Waals surface area contributed by atoms with E-state index >= 15 is 0 Å². The second-order valence-corrected chi connectivity index (χ2v) is 10.6. The van der Waals surface area contributed by atoms with Gasteiger partial charge in [-0.05, 0) is 47.6 Å². The number of esters is 2. The van der Waals surface area contributed by atoms with E-state index in [1.165, 1.54) is 13.8 Å². The molecule has 0 amide bonds. The molecule has 1 aromatic rings. The molecule has 0 radical (unpaired) electrons. The molecule has 172 valence electrons. The Labute approximate surface area is 183 Å². The molecule has 2 saturated carbocycles. The summed E-state index contributed by atoms with van der Waals surface area (Å²) in [4.78, 5) is 24.1. The lowest BCUT2D eigenvalue weighted by Gasteiger charge is -2.69. The predicted molar refractivity (Wildman–Crippen MR) is 111 cm³/mol. The van der Waals surface area contributed by atoms with Gasteiger partial charge in [-0.3, -0.25) is 9.59 Å². The number of rotatable bonds is 2. The minimum absolute atomic E-state index is 0.0788. The molecule has 0 bridgehead atoms. The topological polar surface area (TPSA) is 106 Å². The van der Waals surface area contributed by atoms with Crippen molar-refractivity contribution in [2.45, 2.75) is 90.6 Å². The second-order valence-electron chi connectivity index (χ2n) is 10.6. The molecule has 1 aromatic heterocycles. The summed E-state index contributed by atoms with van der Waals surface area (Å²) in [7, 11) is 0. The van der Waals surface area contributed by atoms with E-state index in [0.29, 0.717) is 19.3 Å². The molecule has 0 aromatic carbocycles. The molecule has 0 saturated heterocycles. The molecule has 2 fully saturated rings. The van der Waals surface area contributed by atoms with Crippen LogP contribution in [0.1, 0.15) is 71.6 Å². The van der Waals surface area contributed by atoms with Crippen LogP contribution in [0.4, 0.5) is 0 Å². The van der Waals surface area contributed by atoms with Crippen LogP contribution in [0.2, 0.25) is 0 Å². The van der Waals surface area contributed by atoms with E-state index in [1.807, 2.05) is 33.8 Å². The van der Waals surface area contributed by atoms with Gasteiger partial charge in [-0.1, -0.05) is 27.7 Å². The molecule has 0 aliphatic heterocycles. The van der Waals surface area contributed by atoms with Crippen molar-refractivity contribution >= 4 is 11.9 Å². The van der Waals surface area contributed by atoms with Gasteiger partial charge in [0.25, 0.3) is 0 Å². The number of hydrogen-bond donors (Lipinski definition) is 2. The highest BCUT2D eigenvalue weighted by atomic mass is 16.6. The summed E-state index contributed by atoms with van der Waals surface area (Å²) in [5.41, 5.74) is -2.26. The summed E-state index contributed by atoms with van der Waals surface area (Å²) in [6, 6.07) is 1.92. The van der Waals surface area contributed by atoms with Gasteiger partial charge in [0.05, 0.1) is 12.4 Å². The van der Waals surface area contributed by atoms with Gasteiger partial charge in [0.15, 0.2) is 6.10 Å². The molecule has 8 unspecified atom stereocenters. The number of fused-ring (bicyclic) bond motifs is 4. The Kier molecular flexibility index (Phi) is 5.10. The van der Waals surface area contributed by atoms with Gasteiger partial charge in [0, 0.05) is 25.7 Å². The van der Waals surface area contributed by atoms with Gasteiger partial charge in [-0.2, -0.15) is 0 Å². The first-order valence-electron chi connectivity index (χ1n) is 11.2. The Morgan fingerprint density at radius 2 is 1.81 bits per heavy atom. The quantitative estimate of drug-likeness (QED) is 0.689. The smallest absolute Gasteiger partial charge is 0.303 e. The van der Waals surface area contributed by atoms with Crippen LogP contribution in [0.5, 0.6) is 0 Å². The van der Waals surface area contributed by atoms with Crippen molar-refractivity contribution in [3.63, 3.8) is 0 Å². The maximum Gasteiger partial charge on any atom is 0.303 e. The molecule has 7 heteroatoms. The number of aliphatic hydroxyl groups is 2. The van der Waals surface area contributed by atoms with Gasteiger partial charge in [-0.15, -0.1) is 0 Å². The Bertz CT molecular complexity index is 888. The lowest BCUT2D eigenvalue weighted by Crippen LogP contribution is -2.80. The van der Waals surface area contributed by atoms with Crippen LogP contribution in [-0.2, 0) is 25.5 Å². The highest BCUT2D eigenvalue weighted by molar-refractivity contribution is 5.67. The molecule has 2 N–H and O–H groups in total. The highest BCUT2D eigenvalue weighted by Gasteiger charge is 2.76. The van der Waals surface area contributed by atoms with Crippen molar-refractivity contribution in [2.24, 2.45) is 22.7 Å². The highest BCUT2D eigenvalue weighted by Crippen LogP contribution is 2.67. The van der Waals surface area contributed by atoms with Crippen molar-refractivity contribution in [1.82, 2.24) is 0 Å². The van der Waals surface area contributed by atoms with Crippen LogP contribution < -0.4 is 0 Å². The van der Waals surface area contributed by atoms with Crippen LogP contribution in [0.3, 0.4) is 0 Å². The SMILES string of the molecule is CC(=O)OC1CCC(C)(C)C2(O)C(OC(C)=O)C(O)C3C(C)c4ccoc4CC3C12C. The van der Waals surface area contributed by atoms with Crippen LogP contribution in [0.25, 0.3) is 0 Å². The van der Waals surface area contributed by atoms with E-state index in [-0.39, 0.29) is 17.8 Å². The number of carbonyl (C=O) groups is 2. The summed E-state index contributed by atoms with van der Waals surface area (Å²) >= 11 is 0. The van der Waals surface area contributed by atoms with Crippen molar-refractivity contribution < 1.29 is 33.7 Å². The van der Waals surface area contributed by atoms with Gasteiger partial charge in [-0.25, -0.2) is 0 Å². The monoisotopic (exact) mass is 434 g/mol. The maximum atomic E-state index is 12.5. The van der Waals surface area contributed by atoms with Crippen molar-refractivity contribution in [3.8, 4) is 0 Å². The molecular formula is C24H34O7. The maximum absolute atomic E-state index is 12.5. The zero-order valence-electron chi connectivity index (χ0n) is 19.2. The first-order chi connectivity index (χ1) is 14.4. The molecule has 1 heterocycles. The number of hydrogen-bond acceptors (Lipinski definition) is 7. The zero-order valence-corrected chi connectivity index (χ0v) is 19.2. The number of furan rings is 1. The van der Waals surface area contributed by atoms with Crippen molar-refractivity contribution in [3.05, 3.63) is 23.7 Å². The van der Waals surface area contributed by atoms with E-state index in [9.17, 15) is 19.8 Å². The standard InChI is InChI=1S/C24H34O7/c1-12-15-8-10-29-17(15)11-16-19(12)20(27)21(31-14(3)26)24(28)22(4,5)9-7-18(23(16,24)6)30-13(2)25/h8,10,12,16,18-21,27-28H,7,9,11H2,1-6H3. The number of ether oxygens (including phenoxy) is 2. The lowest BCUT2D eigenvalue weighted by molar-refractivity contribution is -0.338. The number of aliphatic hydroxyl groups excluding tert-OH is 1. The van der Waals surface area contributed by atoms with E-state index in [1.54, 1.807) is 6.26 Å². The Hall–Kier alpha value is -1.86. The summed E-state index contributed by atoms with van der Waals surface area (Å²) in [5, 5.41) is 24.1. The average Bonchev–Trinajstić information content (AvgIpc) is 3.14. The summed E-state index contributed by atoms with van der Waals surface area (Å²) in [6.45, 7) is 10.5. The lowest BCUT2D eigenvalue weighted by atomic mass is 9.39. The van der Waals surface area contributed by atoms with Crippen LogP contribution in [-0.4, -0.2) is 46.1 Å². The van der Waals surface area contributed by atoms with Gasteiger partial charge < -0.3 is 24.1 Å². The molecule has 3 aliphatic rings. The van der Waals surface area contributed by atoms with E-state index in [4.69, 9.17) is 13.9 Å². The number of carbonyl (C=O) groups excluding carboxylic acids is 2. The summed E-state index contributed by atoms with van der Waals surface area (Å²) < 4.78 is 17.3. The van der Waals surface area contributed by atoms with Crippen molar-refractivity contribution in [2.75, 3.05) is 0 Å². The summed E-state index contributed by atoms with van der Waals surface area (Å²) in [5.74, 6) is -0.757. The second kappa shape index (κ2) is 7.07. The predicted octanol–water partition coefficient (Wildman–Crippen LogP) is 2.97. The van der Waals surface area contributed by atoms with E-state index < -0.39 is 46.7 Å². The van der Waals surface area contributed by atoms with Gasteiger partial charge in [0.1, 0.15) is 17.5 Å². The summed E-state index contributed by atoms with van der Waals surface area (Å²) in [6.07, 6.45) is 0.508. The van der Waals surface area contributed by atoms with E-state index in [2.05, 4.69) is 0 Å². The molecule has 8 atom stereocenters.